The van der Waals surface area contributed by atoms with Crippen LogP contribution in [0.4, 0.5) is 4.79 Å². The van der Waals surface area contributed by atoms with Crippen LogP contribution < -0.4 is 19.7 Å². The van der Waals surface area contributed by atoms with Gasteiger partial charge >= 0.3 is 6.03 Å². The van der Waals surface area contributed by atoms with Gasteiger partial charge in [0, 0.05) is 5.56 Å². The first-order valence-electron chi connectivity index (χ1n) is 10.2. The lowest BCUT2D eigenvalue weighted by Gasteiger charge is -2.36. The van der Waals surface area contributed by atoms with E-state index < -0.39 is 5.54 Å². The van der Waals surface area contributed by atoms with E-state index >= 15 is 0 Å². The van der Waals surface area contributed by atoms with Gasteiger partial charge in [-0.25, -0.2) is 9.69 Å². The predicted octanol–water partition coefficient (Wildman–Crippen LogP) is 1.57. The van der Waals surface area contributed by atoms with Gasteiger partial charge in [0.15, 0.2) is 18.2 Å². The number of methoxy groups -OCH3 is 1. The summed E-state index contributed by atoms with van der Waals surface area (Å²) in [5.41, 5.74) is 0.364. The van der Waals surface area contributed by atoms with Crippen molar-refractivity contribution in [3.05, 3.63) is 23.8 Å². The van der Waals surface area contributed by atoms with Gasteiger partial charge in [-0.2, -0.15) is 0 Å². The summed E-state index contributed by atoms with van der Waals surface area (Å²) in [5.74, 6) is 1.53. The number of ether oxygens (including phenoxy) is 2. The first kappa shape index (κ1) is 20.5. The normalized spacial score (nSPS) is 25.7. The zero-order valence-electron chi connectivity index (χ0n) is 17.3. The number of carbonyl (C=O) groups is 2. The van der Waals surface area contributed by atoms with Crippen molar-refractivity contribution in [2.24, 2.45) is 5.92 Å². The fourth-order valence-corrected chi connectivity index (χ4v) is 4.41. The minimum Gasteiger partial charge on any atom is -0.493 e. The smallest absolute Gasteiger partial charge is 0.329 e. The van der Waals surface area contributed by atoms with Crippen LogP contribution in [-0.2, 0) is 11.3 Å². The molecule has 1 aliphatic heterocycles. The molecule has 0 radical (unpaired) electrons. The first-order valence-corrected chi connectivity index (χ1v) is 10.2. The number of rotatable bonds is 7. The average Bonchev–Trinajstić information content (AvgIpc) is 2.90. The molecule has 1 aliphatic carbocycles. The van der Waals surface area contributed by atoms with Crippen LogP contribution in [0.5, 0.6) is 11.5 Å². The Balaban J connectivity index is 1.67. The molecule has 1 spiro atoms. The monoisotopic (exact) mass is 390 g/mol. The van der Waals surface area contributed by atoms with Crippen LogP contribution in [0.3, 0.4) is 0 Å². The highest BCUT2D eigenvalue weighted by Crippen LogP contribution is 2.37. The van der Waals surface area contributed by atoms with E-state index in [0.717, 1.165) is 36.1 Å². The molecule has 7 heteroatoms. The topological polar surface area (TPSA) is 72.3 Å². The molecular weight excluding hydrogens is 358 g/mol. The fourth-order valence-electron chi connectivity index (χ4n) is 4.41. The number of nitrogens with zero attached hydrogens (tertiary/aromatic N) is 1. The standard InChI is InChI=1S/C21H31N3O4/c1-5-28-17-10-9-16(12-18(17)27-4)13-23(3)14-24-19(25)21(22-20(24)26)11-7-6-8-15(21)2/h9-10,12,15H,5-8,11,13-14H2,1-4H3,(H,22,26)/p+1/t15-,21+/m0/s1. The van der Waals surface area contributed by atoms with Crippen molar-refractivity contribution in [3.63, 3.8) is 0 Å². The van der Waals surface area contributed by atoms with Gasteiger partial charge in [-0.05, 0) is 43.9 Å². The number of quaternary nitrogens is 1. The lowest BCUT2D eigenvalue weighted by Crippen LogP contribution is -3.09. The van der Waals surface area contributed by atoms with Crippen LogP contribution >= 0.6 is 0 Å². The quantitative estimate of drug-likeness (QED) is 0.693. The van der Waals surface area contributed by atoms with Crippen LogP contribution in [0.25, 0.3) is 0 Å². The van der Waals surface area contributed by atoms with E-state index in [1.54, 1.807) is 7.11 Å². The van der Waals surface area contributed by atoms with Gasteiger partial charge in [-0.1, -0.05) is 19.8 Å². The van der Waals surface area contributed by atoms with Gasteiger partial charge in [-0.3, -0.25) is 4.79 Å². The zero-order valence-corrected chi connectivity index (χ0v) is 17.3. The molecule has 2 N–H and O–H groups in total. The van der Waals surface area contributed by atoms with Crippen molar-refractivity contribution in [1.82, 2.24) is 10.2 Å². The number of benzene rings is 1. The Morgan fingerprint density at radius 2 is 2.07 bits per heavy atom. The maximum absolute atomic E-state index is 13.1. The first-order chi connectivity index (χ1) is 13.4. The van der Waals surface area contributed by atoms with Gasteiger partial charge in [-0.15, -0.1) is 0 Å². The average molecular weight is 391 g/mol. The van der Waals surface area contributed by atoms with Gasteiger partial charge in [0.2, 0.25) is 0 Å². The van der Waals surface area contributed by atoms with E-state index in [4.69, 9.17) is 9.47 Å². The molecule has 1 aromatic carbocycles. The van der Waals surface area contributed by atoms with E-state index in [0.29, 0.717) is 31.3 Å². The minimum atomic E-state index is -0.696. The van der Waals surface area contributed by atoms with Gasteiger partial charge in [0.25, 0.3) is 5.91 Å². The molecule has 0 bridgehead atoms. The van der Waals surface area contributed by atoms with E-state index in [-0.39, 0.29) is 17.9 Å². The fraction of sp³-hybridized carbons (Fsp3) is 0.619. The number of nitrogens with one attached hydrogen (secondary N) is 2. The van der Waals surface area contributed by atoms with Crippen molar-refractivity contribution in [3.8, 4) is 11.5 Å². The highest BCUT2D eigenvalue weighted by Gasteiger charge is 2.55. The van der Waals surface area contributed by atoms with Crippen LogP contribution in [0.1, 0.15) is 45.1 Å². The van der Waals surface area contributed by atoms with E-state index in [9.17, 15) is 9.59 Å². The summed E-state index contributed by atoms with van der Waals surface area (Å²) >= 11 is 0. The van der Waals surface area contributed by atoms with Gasteiger partial charge in [0.1, 0.15) is 12.1 Å². The van der Waals surface area contributed by atoms with Crippen molar-refractivity contribution in [1.29, 1.82) is 0 Å². The molecule has 1 saturated heterocycles. The highest BCUT2D eigenvalue weighted by atomic mass is 16.5. The molecule has 2 fully saturated rings. The van der Waals surface area contributed by atoms with Crippen LogP contribution in [0, 0.1) is 5.92 Å². The highest BCUT2D eigenvalue weighted by molar-refractivity contribution is 6.07. The summed E-state index contributed by atoms with van der Waals surface area (Å²) in [6.45, 7) is 5.59. The Bertz CT molecular complexity index is 738. The molecule has 2 aliphatic rings. The van der Waals surface area contributed by atoms with E-state index in [1.807, 2.05) is 32.2 Å². The summed E-state index contributed by atoms with van der Waals surface area (Å²) in [4.78, 5) is 28.1. The number of imide groups is 1. The number of carbonyl (C=O) groups excluding carboxylic acids is 2. The second-order valence-corrected chi connectivity index (χ2v) is 7.99. The van der Waals surface area contributed by atoms with Crippen LogP contribution in [0.15, 0.2) is 18.2 Å². The van der Waals surface area contributed by atoms with Crippen molar-refractivity contribution < 1.29 is 24.0 Å². The lowest BCUT2D eigenvalue weighted by molar-refractivity contribution is -0.901. The molecule has 28 heavy (non-hydrogen) atoms. The maximum Gasteiger partial charge on any atom is 0.329 e. The summed E-state index contributed by atoms with van der Waals surface area (Å²) in [5, 5.41) is 3.02. The third-order valence-corrected chi connectivity index (χ3v) is 5.96. The van der Waals surface area contributed by atoms with Crippen molar-refractivity contribution in [2.75, 3.05) is 27.4 Å². The third kappa shape index (κ3) is 3.81. The Hall–Kier alpha value is -2.28. The molecule has 154 valence electrons. The molecule has 0 aromatic heterocycles. The maximum atomic E-state index is 13.1. The molecule has 7 nitrogen and oxygen atoms in total. The minimum absolute atomic E-state index is 0.0617. The number of amides is 3. The van der Waals surface area contributed by atoms with Crippen molar-refractivity contribution >= 4 is 11.9 Å². The third-order valence-electron chi connectivity index (χ3n) is 5.96. The molecule has 3 amide bonds. The zero-order chi connectivity index (χ0) is 20.3. The molecule has 1 heterocycles. The molecule has 1 unspecified atom stereocenters. The SMILES string of the molecule is CCOc1ccc(C[NH+](C)CN2C(=O)N[C@@]3(CCCC[C@@H]3C)C2=O)cc1OC. The summed E-state index contributed by atoms with van der Waals surface area (Å²) in [6.07, 6.45) is 3.83. The Morgan fingerprint density at radius 3 is 2.75 bits per heavy atom. The van der Waals surface area contributed by atoms with E-state index in [1.165, 1.54) is 4.90 Å². The van der Waals surface area contributed by atoms with E-state index in [2.05, 4.69) is 12.2 Å². The number of urea groups is 1. The summed E-state index contributed by atoms with van der Waals surface area (Å²) in [7, 11) is 3.61. The second kappa shape index (κ2) is 8.39. The molecule has 1 aromatic rings. The van der Waals surface area contributed by atoms with Crippen LogP contribution in [-0.4, -0.2) is 49.8 Å². The summed E-state index contributed by atoms with van der Waals surface area (Å²) < 4.78 is 11.0. The Kier molecular flexibility index (Phi) is 6.13. The van der Waals surface area contributed by atoms with Gasteiger partial charge < -0.3 is 19.7 Å². The molecular formula is C21H32N3O4+. The number of hydrogen-bond donors (Lipinski definition) is 2. The molecule has 1 saturated carbocycles. The lowest BCUT2D eigenvalue weighted by atomic mass is 9.73. The molecule has 3 atom stereocenters. The largest absolute Gasteiger partial charge is 0.493 e. The summed E-state index contributed by atoms with van der Waals surface area (Å²) in [6, 6.07) is 5.58. The number of hydrogen-bond acceptors (Lipinski definition) is 4. The Labute approximate surface area is 167 Å². The van der Waals surface area contributed by atoms with Gasteiger partial charge in [0.05, 0.1) is 20.8 Å². The second-order valence-electron chi connectivity index (χ2n) is 7.99. The molecule has 3 rings (SSSR count). The van der Waals surface area contributed by atoms with Crippen molar-refractivity contribution in [2.45, 2.75) is 51.6 Å². The Morgan fingerprint density at radius 1 is 1.29 bits per heavy atom. The van der Waals surface area contributed by atoms with Crippen LogP contribution in [0.2, 0.25) is 0 Å². The predicted molar refractivity (Wildman–Crippen MR) is 105 cm³/mol.